The van der Waals surface area contributed by atoms with Crippen molar-refractivity contribution in [2.75, 3.05) is 6.61 Å². The number of benzene rings is 2. The summed E-state index contributed by atoms with van der Waals surface area (Å²) in [7, 11) is 0. The molecule has 154 valence electrons. The van der Waals surface area contributed by atoms with Gasteiger partial charge in [0.25, 0.3) is 0 Å². The Morgan fingerprint density at radius 1 is 1.17 bits per heavy atom. The van der Waals surface area contributed by atoms with Gasteiger partial charge in [-0.2, -0.15) is 0 Å². The summed E-state index contributed by atoms with van der Waals surface area (Å²) in [5.74, 6) is 1.67. The number of ether oxygens (including phenoxy) is 1. The minimum atomic E-state index is -0.447. The summed E-state index contributed by atoms with van der Waals surface area (Å²) in [4.78, 5) is 17.2. The minimum Gasteiger partial charge on any atom is -0.494 e. The lowest BCUT2D eigenvalue weighted by molar-refractivity contribution is -0.129. The first-order chi connectivity index (χ1) is 13.8. The number of nitrogens with one attached hydrogen (secondary N) is 1. The van der Waals surface area contributed by atoms with Gasteiger partial charge >= 0.3 is 0 Å². The summed E-state index contributed by atoms with van der Waals surface area (Å²) >= 11 is 5.91. The standard InChI is InChI=1S/C23H28ClN3O2/c1-16(25-22(28)23(2,3)4)21-26-19-8-5-6-9-20(19)27(21)14-7-15-29-18-12-10-17(24)11-13-18/h5-6,8-13,16H,7,14-15H2,1-4H3,(H,25,28). The lowest BCUT2D eigenvalue weighted by Crippen LogP contribution is -2.37. The average Bonchev–Trinajstić information content (AvgIpc) is 3.04. The van der Waals surface area contributed by atoms with E-state index in [0.717, 1.165) is 35.6 Å². The normalized spacial score (nSPS) is 12.7. The molecule has 0 aliphatic rings. The zero-order valence-corrected chi connectivity index (χ0v) is 18.2. The predicted octanol–water partition coefficient (Wildman–Crippen LogP) is 5.38. The number of carbonyl (C=O) groups excluding carboxylic acids is 1. The van der Waals surface area contributed by atoms with Gasteiger partial charge in [-0.1, -0.05) is 44.5 Å². The first kappa shape index (κ1) is 21.2. The number of fused-ring (bicyclic) bond motifs is 1. The van der Waals surface area contributed by atoms with Crippen LogP contribution in [0.4, 0.5) is 0 Å². The Bertz CT molecular complexity index is 974. The topological polar surface area (TPSA) is 56.2 Å². The molecule has 0 aliphatic carbocycles. The van der Waals surface area contributed by atoms with Crippen molar-refractivity contribution in [1.82, 2.24) is 14.9 Å². The second-order valence-electron chi connectivity index (χ2n) is 8.21. The molecule has 0 bridgehead atoms. The minimum absolute atomic E-state index is 0.00896. The molecule has 2 aromatic carbocycles. The first-order valence-electron chi connectivity index (χ1n) is 9.90. The number of carbonyl (C=O) groups is 1. The Morgan fingerprint density at radius 2 is 1.86 bits per heavy atom. The molecule has 1 amide bonds. The van der Waals surface area contributed by atoms with E-state index in [1.807, 2.05) is 70.2 Å². The third kappa shape index (κ3) is 5.30. The molecule has 6 heteroatoms. The van der Waals surface area contributed by atoms with Crippen LogP contribution >= 0.6 is 11.6 Å². The Hall–Kier alpha value is -2.53. The van der Waals surface area contributed by atoms with Crippen molar-refractivity contribution in [2.24, 2.45) is 5.41 Å². The number of imidazole rings is 1. The number of para-hydroxylation sites is 2. The van der Waals surface area contributed by atoms with Crippen LogP contribution in [-0.4, -0.2) is 22.1 Å². The van der Waals surface area contributed by atoms with E-state index in [1.165, 1.54) is 0 Å². The maximum Gasteiger partial charge on any atom is 0.225 e. The van der Waals surface area contributed by atoms with Crippen molar-refractivity contribution < 1.29 is 9.53 Å². The van der Waals surface area contributed by atoms with Crippen LogP contribution < -0.4 is 10.1 Å². The van der Waals surface area contributed by atoms with Crippen LogP contribution in [0.15, 0.2) is 48.5 Å². The molecule has 0 saturated carbocycles. The highest BCUT2D eigenvalue weighted by atomic mass is 35.5. The van der Waals surface area contributed by atoms with E-state index in [2.05, 4.69) is 16.0 Å². The highest BCUT2D eigenvalue weighted by Crippen LogP contribution is 2.23. The molecule has 0 radical (unpaired) electrons. The molecule has 0 spiro atoms. The smallest absolute Gasteiger partial charge is 0.225 e. The van der Waals surface area contributed by atoms with Gasteiger partial charge in [-0.15, -0.1) is 0 Å². The summed E-state index contributed by atoms with van der Waals surface area (Å²) in [6, 6.07) is 15.2. The van der Waals surface area contributed by atoms with E-state index in [4.69, 9.17) is 21.3 Å². The number of amides is 1. The lowest BCUT2D eigenvalue weighted by Gasteiger charge is -2.22. The largest absolute Gasteiger partial charge is 0.494 e. The van der Waals surface area contributed by atoms with Crippen molar-refractivity contribution in [2.45, 2.75) is 46.7 Å². The van der Waals surface area contributed by atoms with Crippen LogP contribution in [0.3, 0.4) is 0 Å². The molecule has 1 unspecified atom stereocenters. The van der Waals surface area contributed by atoms with Gasteiger partial charge in [0.15, 0.2) is 0 Å². The van der Waals surface area contributed by atoms with E-state index in [9.17, 15) is 4.79 Å². The molecule has 1 aromatic heterocycles. The highest BCUT2D eigenvalue weighted by molar-refractivity contribution is 6.30. The van der Waals surface area contributed by atoms with Crippen LogP contribution in [0.25, 0.3) is 11.0 Å². The van der Waals surface area contributed by atoms with E-state index in [0.29, 0.717) is 11.6 Å². The molecule has 1 heterocycles. The van der Waals surface area contributed by atoms with Crippen molar-refractivity contribution in [3.8, 4) is 5.75 Å². The number of aryl methyl sites for hydroxylation is 1. The summed E-state index contributed by atoms with van der Waals surface area (Å²) in [6.45, 7) is 9.03. The molecule has 0 aliphatic heterocycles. The van der Waals surface area contributed by atoms with Gasteiger partial charge in [-0.05, 0) is 49.7 Å². The van der Waals surface area contributed by atoms with Gasteiger partial charge < -0.3 is 14.6 Å². The number of hydrogen-bond donors (Lipinski definition) is 1. The Balaban J connectivity index is 1.72. The van der Waals surface area contributed by atoms with Gasteiger partial charge in [-0.3, -0.25) is 4.79 Å². The Labute approximate surface area is 177 Å². The molecular weight excluding hydrogens is 386 g/mol. The van der Waals surface area contributed by atoms with Crippen LogP contribution in [-0.2, 0) is 11.3 Å². The van der Waals surface area contributed by atoms with E-state index in [-0.39, 0.29) is 11.9 Å². The number of nitrogens with zero attached hydrogens (tertiary/aromatic N) is 2. The van der Waals surface area contributed by atoms with Crippen molar-refractivity contribution in [1.29, 1.82) is 0 Å². The van der Waals surface area contributed by atoms with Gasteiger partial charge in [0.1, 0.15) is 11.6 Å². The van der Waals surface area contributed by atoms with Crippen molar-refractivity contribution >= 4 is 28.5 Å². The van der Waals surface area contributed by atoms with Gasteiger partial charge in [0.05, 0.1) is 23.7 Å². The van der Waals surface area contributed by atoms with Crippen LogP contribution in [0.1, 0.15) is 46.0 Å². The van der Waals surface area contributed by atoms with Crippen molar-refractivity contribution in [3.63, 3.8) is 0 Å². The number of rotatable bonds is 7. The third-order valence-corrected chi connectivity index (χ3v) is 4.96. The number of aromatic nitrogens is 2. The SMILES string of the molecule is CC(NC(=O)C(C)(C)C)c1nc2ccccc2n1CCCOc1ccc(Cl)cc1. The summed E-state index contributed by atoms with van der Waals surface area (Å²) in [6.07, 6.45) is 0.815. The van der Waals surface area contributed by atoms with E-state index >= 15 is 0 Å². The Morgan fingerprint density at radius 3 is 2.55 bits per heavy atom. The maximum atomic E-state index is 12.4. The Kier molecular flexibility index (Phi) is 6.48. The van der Waals surface area contributed by atoms with E-state index in [1.54, 1.807) is 0 Å². The van der Waals surface area contributed by atoms with Gasteiger partial charge in [0.2, 0.25) is 5.91 Å². The fourth-order valence-corrected chi connectivity index (χ4v) is 3.21. The quantitative estimate of drug-likeness (QED) is 0.529. The molecule has 29 heavy (non-hydrogen) atoms. The zero-order chi connectivity index (χ0) is 21.0. The fourth-order valence-electron chi connectivity index (χ4n) is 3.08. The van der Waals surface area contributed by atoms with Gasteiger partial charge in [0, 0.05) is 17.0 Å². The first-order valence-corrected chi connectivity index (χ1v) is 10.3. The molecule has 3 aromatic rings. The average molecular weight is 414 g/mol. The van der Waals surface area contributed by atoms with Crippen LogP contribution in [0.5, 0.6) is 5.75 Å². The van der Waals surface area contributed by atoms with Crippen molar-refractivity contribution in [3.05, 3.63) is 59.4 Å². The van der Waals surface area contributed by atoms with Gasteiger partial charge in [-0.25, -0.2) is 4.98 Å². The third-order valence-electron chi connectivity index (χ3n) is 4.71. The van der Waals surface area contributed by atoms with E-state index < -0.39 is 5.41 Å². The maximum absolute atomic E-state index is 12.4. The number of hydrogen-bond acceptors (Lipinski definition) is 3. The second kappa shape index (κ2) is 8.87. The molecule has 0 saturated heterocycles. The number of halogens is 1. The monoisotopic (exact) mass is 413 g/mol. The second-order valence-corrected chi connectivity index (χ2v) is 8.65. The lowest BCUT2D eigenvalue weighted by atomic mass is 9.95. The molecular formula is C23H28ClN3O2. The summed E-state index contributed by atoms with van der Waals surface area (Å²) in [5.41, 5.74) is 1.54. The zero-order valence-electron chi connectivity index (χ0n) is 17.4. The molecule has 0 fully saturated rings. The molecule has 3 rings (SSSR count). The molecule has 5 nitrogen and oxygen atoms in total. The summed E-state index contributed by atoms with van der Waals surface area (Å²) < 4.78 is 7.99. The summed E-state index contributed by atoms with van der Waals surface area (Å²) in [5, 5.41) is 3.79. The van der Waals surface area contributed by atoms with Crippen LogP contribution in [0.2, 0.25) is 5.02 Å². The van der Waals surface area contributed by atoms with Crippen LogP contribution in [0, 0.1) is 5.41 Å². The highest BCUT2D eigenvalue weighted by Gasteiger charge is 2.25. The fraction of sp³-hybridized carbons (Fsp3) is 0.391. The molecule has 1 N–H and O–H groups in total. The molecule has 1 atom stereocenters. The predicted molar refractivity (Wildman–Crippen MR) is 117 cm³/mol.